The molecule has 0 aliphatic rings. The van der Waals surface area contributed by atoms with Gasteiger partial charge in [-0.2, -0.15) is 0 Å². The standard InChI is InChI=1S/C14H18N4O/c1-2-15-8-5-9-16-14(19)13-10-17-11-6-3-4-7-12(11)18-13/h3-4,6-7,10,15H,2,5,8-9H2,1H3,(H,16,19). The Morgan fingerprint density at radius 3 is 2.79 bits per heavy atom. The van der Waals surface area contributed by atoms with E-state index in [0.717, 1.165) is 30.5 Å². The molecular formula is C14H18N4O. The van der Waals surface area contributed by atoms with Gasteiger partial charge in [0.05, 0.1) is 17.2 Å². The van der Waals surface area contributed by atoms with Crippen LogP contribution in [0.3, 0.4) is 0 Å². The summed E-state index contributed by atoms with van der Waals surface area (Å²) in [5, 5.41) is 6.05. The largest absolute Gasteiger partial charge is 0.351 e. The van der Waals surface area contributed by atoms with Gasteiger partial charge >= 0.3 is 0 Å². The molecule has 5 heteroatoms. The summed E-state index contributed by atoms with van der Waals surface area (Å²) in [7, 11) is 0. The number of carbonyl (C=O) groups is 1. The van der Waals surface area contributed by atoms with Crippen molar-refractivity contribution in [3.8, 4) is 0 Å². The topological polar surface area (TPSA) is 66.9 Å². The Morgan fingerprint density at radius 2 is 2.00 bits per heavy atom. The fourth-order valence-electron chi connectivity index (χ4n) is 1.75. The maximum Gasteiger partial charge on any atom is 0.271 e. The lowest BCUT2D eigenvalue weighted by Crippen LogP contribution is -2.28. The summed E-state index contributed by atoms with van der Waals surface area (Å²) in [6.45, 7) is 4.55. The number of benzene rings is 1. The summed E-state index contributed by atoms with van der Waals surface area (Å²) in [5.74, 6) is -0.172. The van der Waals surface area contributed by atoms with Crippen LogP contribution in [-0.2, 0) is 0 Å². The molecule has 0 aliphatic heterocycles. The minimum atomic E-state index is -0.172. The van der Waals surface area contributed by atoms with E-state index >= 15 is 0 Å². The summed E-state index contributed by atoms with van der Waals surface area (Å²) in [4.78, 5) is 20.4. The van der Waals surface area contributed by atoms with Crippen LogP contribution in [0.15, 0.2) is 30.5 Å². The highest BCUT2D eigenvalue weighted by molar-refractivity contribution is 5.93. The molecular weight excluding hydrogens is 240 g/mol. The smallest absolute Gasteiger partial charge is 0.271 e. The average molecular weight is 258 g/mol. The minimum Gasteiger partial charge on any atom is -0.351 e. The molecule has 0 atom stereocenters. The second-order valence-corrected chi connectivity index (χ2v) is 4.21. The highest BCUT2D eigenvalue weighted by Crippen LogP contribution is 2.08. The van der Waals surface area contributed by atoms with E-state index in [-0.39, 0.29) is 5.91 Å². The number of hydrogen-bond donors (Lipinski definition) is 2. The Morgan fingerprint density at radius 1 is 1.21 bits per heavy atom. The van der Waals surface area contributed by atoms with Crippen LogP contribution in [0.1, 0.15) is 23.8 Å². The summed E-state index contributed by atoms with van der Waals surface area (Å²) >= 11 is 0. The molecule has 0 aliphatic carbocycles. The first-order chi connectivity index (χ1) is 9.31. The lowest BCUT2D eigenvalue weighted by atomic mass is 10.3. The lowest BCUT2D eigenvalue weighted by Gasteiger charge is -2.05. The molecule has 1 aromatic heterocycles. The molecule has 0 fully saturated rings. The van der Waals surface area contributed by atoms with Crippen molar-refractivity contribution < 1.29 is 4.79 Å². The molecule has 19 heavy (non-hydrogen) atoms. The third kappa shape index (κ3) is 3.72. The molecule has 0 bridgehead atoms. The number of para-hydroxylation sites is 2. The molecule has 5 nitrogen and oxygen atoms in total. The van der Waals surface area contributed by atoms with Crippen LogP contribution in [0.5, 0.6) is 0 Å². The molecule has 0 saturated heterocycles. The molecule has 0 spiro atoms. The van der Waals surface area contributed by atoms with Gasteiger partial charge in [-0.25, -0.2) is 4.98 Å². The zero-order valence-electron chi connectivity index (χ0n) is 11.0. The van der Waals surface area contributed by atoms with E-state index in [4.69, 9.17) is 0 Å². The van der Waals surface area contributed by atoms with E-state index in [9.17, 15) is 4.79 Å². The Kier molecular flexibility index (Phi) is 4.80. The third-order valence-corrected chi connectivity index (χ3v) is 2.75. The van der Waals surface area contributed by atoms with Crippen LogP contribution in [0, 0.1) is 0 Å². The lowest BCUT2D eigenvalue weighted by molar-refractivity contribution is 0.0948. The third-order valence-electron chi connectivity index (χ3n) is 2.75. The van der Waals surface area contributed by atoms with Crippen molar-refractivity contribution >= 4 is 16.9 Å². The zero-order valence-corrected chi connectivity index (χ0v) is 11.0. The zero-order chi connectivity index (χ0) is 13.5. The van der Waals surface area contributed by atoms with Crippen molar-refractivity contribution in [1.82, 2.24) is 20.6 Å². The van der Waals surface area contributed by atoms with Crippen LogP contribution >= 0.6 is 0 Å². The number of aromatic nitrogens is 2. The van der Waals surface area contributed by atoms with Gasteiger partial charge in [-0.1, -0.05) is 19.1 Å². The predicted octanol–water partition coefficient (Wildman–Crippen LogP) is 1.36. The van der Waals surface area contributed by atoms with Gasteiger partial charge in [-0.15, -0.1) is 0 Å². The van der Waals surface area contributed by atoms with Gasteiger partial charge in [0.2, 0.25) is 0 Å². The van der Waals surface area contributed by atoms with Gasteiger partial charge in [0.15, 0.2) is 0 Å². The number of fused-ring (bicyclic) bond motifs is 1. The highest BCUT2D eigenvalue weighted by atomic mass is 16.1. The van der Waals surface area contributed by atoms with Crippen molar-refractivity contribution in [3.63, 3.8) is 0 Å². The SMILES string of the molecule is CCNCCCNC(=O)c1cnc2ccccc2n1. The fraction of sp³-hybridized carbons (Fsp3) is 0.357. The molecule has 2 N–H and O–H groups in total. The van der Waals surface area contributed by atoms with E-state index in [0.29, 0.717) is 12.2 Å². The molecule has 2 rings (SSSR count). The molecule has 0 saturated carbocycles. The highest BCUT2D eigenvalue weighted by Gasteiger charge is 2.07. The van der Waals surface area contributed by atoms with E-state index in [1.165, 1.54) is 6.20 Å². The van der Waals surface area contributed by atoms with Gasteiger partial charge in [0.25, 0.3) is 5.91 Å². The van der Waals surface area contributed by atoms with Gasteiger partial charge in [-0.05, 0) is 31.6 Å². The Hall–Kier alpha value is -2.01. The first-order valence-corrected chi connectivity index (χ1v) is 6.52. The van der Waals surface area contributed by atoms with Gasteiger partial charge in [-0.3, -0.25) is 9.78 Å². The monoisotopic (exact) mass is 258 g/mol. The molecule has 1 amide bonds. The number of amides is 1. The van der Waals surface area contributed by atoms with E-state index in [1.54, 1.807) is 0 Å². The van der Waals surface area contributed by atoms with E-state index < -0.39 is 0 Å². The van der Waals surface area contributed by atoms with Gasteiger partial charge in [0.1, 0.15) is 5.69 Å². The number of carbonyl (C=O) groups excluding carboxylic acids is 1. The second kappa shape index (κ2) is 6.80. The Bertz CT molecular complexity index is 556. The fourth-order valence-corrected chi connectivity index (χ4v) is 1.75. The molecule has 0 unspecified atom stereocenters. The van der Waals surface area contributed by atoms with Crippen LogP contribution in [-0.4, -0.2) is 35.5 Å². The van der Waals surface area contributed by atoms with Crippen molar-refractivity contribution in [2.24, 2.45) is 0 Å². The van der Waals surface area contributed by atoms with Gasteiger partial charge in [0, 0.05) is 6.54 Å². The molecule has 1 heterocycles. The van der Waals surface area contributed by atoms with Crippen LogP contribution < -0.4 is 10.6 Å². The molecule has 1 aromatic carbocycles. The van der Waals surface area contributed by atoms with Crippen molar-refractivity contribution in [1.29, 1.82) is 0 Å². The number of nitrogens with one attached hydrogen (secondary N) is 2. The normalized spacial score (nSPS) is 10.6. The first kappa shape index (κ1) is 13.4. The quantitative estimate of drug-likeness (QED) is 0.768. The number of hydrogen-bond acceptors (Lipinski definition) is 4. The first-order valence-electron chi connectivity index (χ1n) is 6.52. The maximum absolute atomic E-state index is 11.9. The molecule has 2 aromatic rings. The summed E-state index contributed by atoms with van der Waals surface area (Å²) in [6, 6.07) is 7.51. The van der Waals surface area contributed by atoms with E-state index in [1.807, 2.05) is 24.3 Å². The summed E-state index contributed by atoms with van der Waals surface area (Å²) < 4.78 is 0. The number of nitrogens with zero attached hydrogens (tertiary/aromatic N) is 2. The Balaban J connectivity index is 1.93. The van der Waals surface area contributed by atoms with E-state index in [2.05, 4.69) is 27.5 Å². The van der Waals surface area contributed by atoms with Crippen LogP contribution in [0.2, 0.25) is 0 Å². The average Bonchev–Trinajstić information content (AvgIpc) is 2.46. The molecule has 0 radical (unpaired) electrons. The van der Waals surface area contributed by atoms with Gasteiger partial charge < -0.3 is 10.6 Å². The van der Waals surface area contributed by atoms with Crippen molar-refractivity contribution in [2.75, 3.05) is 19.6 Å². The van der Waals surface area contributed by atoms with Crippen molar-refractivity contribution in [2.45, 2.75) is 13.3 Å². The summed E-state index contributed by atoms with van der Waals surface area (Å²) in [6.07, 6.45) is 2.42. The maximum atomic E-state index is 11.9. The molecule has 100 valence electrons. The second-order valence-electron chi connectivity index (χ2n) is 4.21. The van der Waals surface area contributed by atoms with Crippen LogP contribution in [0.25, 0.3) is 11.0 Å². The minimum absolute atomic E-state index is 0.172. The number of rotatable bonds is 6. The van der Waals surface area contributed by atoms with Crippen molar-refractivity contribution in [3.05, 3.63) is 36.2 Å². The van der Waals surface area contributed by atoms with Crippen LogP contribution in [0.4, 0.5) is 0 Å². The Labute approximate surface area is 112 Å². The summed E-state index contributed by atoms with van der Waals surface area (Å²) in [5.41, 5.74) is 1.90. The predicted molar refractivity (Wildman–Crippen MR) is 75.0 cm³/mol.